The van der Waals surface area contributed by atoms with Crippen LogP contribution in [0.25, 0.3) is 11.3 Å². The topological polar surface area (TPSA) is 111 Å². The number of para-hydroxylation sites is 1. The van der Waals surface area contributed by atoms with Crippen LogP contribution >= 0.6 is 0 Å². The maximum absolute atomic E-state index is 11.6. The molecule has 1 aromatic carbocycles. The minimum Gasteiger partial charge on any atom is -0.459 e. The molecule has 2 aromatic heterocycles. The number of aromatic amines is 1. The van der Waals surface area contributed by atoms with Gasteiger partial charge in [-0.05, 0) is 18.2 Å². The third-order valence-electron chi connectivity index (χ3n) is 3.25. The number of nitro groups is 1. The van der Waals surface area contributed by atoms with E-state index < -0.39 is 16.2 Å². The lowest BCUT2D eigenvalue weighted by Crippen LogP contribution is -2.28. The van der Waals surface area contributed by atoms with Crippen molar-refractivity contribution in [3.05, 3.63) is 85.4 Å². The lowest BCUT2D eigenvalue weighted by atomic mass is 10.1. The Hall–Kier alpha value is -3.42. The van der Waals surface area contributed by atoms with Gasteiger partial charge in [-0.3, -0.25) is 24.5 Å². The number of nitro benzene ring substituents is 1. The van der Waals surface area contributed by atoms with Crippen LogP contribution in [0.4, 0.5) is 5.69 Å². The van der Waals surface area contributed by atoms with Crippen LogP contribution in [-0.4, -0.2) is 14.5 Å². The van der Waals surface area contributed by atoms with E-state index in [2.05, 4.69) is 4.98 Å². The molecular formula is C15H11N3O5. The Bertz CT molecular complexity index is 983. The van der Waals surface area contributed by atoms with Crippen LogP contribution in [0.3, 0.4) is 0 Å². The standard InChI is InChI=1S/C15H11N3O5/c19-14-7-8-17(15(20)16-14)9-10-5-6-13(23-10)11-3-1-2-4-12(11)18(21)22/h1-8H,9H2,(H,16,19,20). The number of H-pyrrole nitrogens is 1. The molecule has 0 radical (unpaired) electrons. The van der Waals surface area contributed by atoms with Crippen molar-refractivity contribution in [3.63, 3.8) is 0 Å². The zero-order valence-corrected chi connectivity index (χ0v) is 11.8. The quantitative estimate of drug-likeness (QED) is 0.582. The Morgan fingerprint density at radius 1 is 1.13 bits per heavy atom. The van der Waals surface area contributed by atoms with Gasteiger partial charge in [-0.25, -0.2) is 4.79 Å². The summed E-state index contributed by atoms with van der Waals surface area (Å²) in [6.07, 6.45) is 1.36. The molecule has 23 heavy (non-hydrogen) atoms. The van der Waals surface area contributed by atoms with Gasteiger partial charge < -0.3 is 4.42 Å². The van der Waals surface area contributed by atoms with E-state index in [1.807, 2.05) is 0 Å². The van der Waals surface area contributed by atoms with Gasteiger partial charge in [0.15, 0.2) is 0 Å². The monoisotopic (exact) mass is 313 g/mol. The SMILES string of the molecule is O=c1ccn(Cc2ccc(-c3ccccc3[N+](=O)[O-])o2)c(=O)[nH]1. The highest BCUT2D eigenvalue weighted by atomic mass is 16.6. The molecular weight excluding hydrogens is 302 g/mol. The lowest BCUT2D eigenvalue weighted by molar-refractivity contribution is -0.384. The molecule has 0 unspecified atom stereocenters. The van der Waals surface area contributed by atoms with Gasteiger partial charge in [0.1, 0.15) is 11.5 Å². The van der Waals surface area contributed by atoms with E-state index in [0.717, 1.165) is 0 Å². The van der Waals surface area contributed by atoms with Gasteiger partial charge in [-0.1, -0.05) is 12.1 Å². The number of hydrogen-bond acceptors (Lipinski definition) is 5. The van der Waals surface area contributed by atoms with Crippen molar-refractivity contribution in [2.24, 2.45) is 0 Å². The van der Waals surface area contributed by atoms with E-state index in [9.17, 15) is 19.7 Å². The van der Waals surface area contributed by atoms with E-state index in [-0.39, 0.29) is 12.2 Å². The molecule has 3 aromatic rings. The number of nitrogens with zero attached hydrogens (tertiary/aromatic N) is 2. The number of hydrogen-bond donors (Lipinski definition) is 1. The summed E-state index contributed by atoms with van der Waals surface area (Å²) in [5.74, 6) is 0.775. The van der Waals surface area contributed by atoms with Crippen molar-refractivity contribution < 1.29 is 9.34 Å². The van der Waals surface area contributed by atoms with E-state index in [1.54, 1.807) is 30.3 Å². The molecule has 2 heterocycles. The second-order valence-corrected chi connectivity index (χ2v) is 4.78. The van der Waals surface area contributed by atoms with E-state index >= 15 is 0 Å². The minimum absolute atomic E-state index is 0.0605. The first-order valence-electron chi connectivity index (χ1n) is 6.67. The predicted octanol–water partition coefficient (Wildman–Crippen LogP) is 1.75. The Morgan fingerprint density at radius 2 is 1.91 bits per heavy atom. The molecule has 0 aliphatic carbocycles. The zero-order chi connectivity index (χ0) is 16.4. The third kappa shape index (κ3) is 2.95. The summed E-state index contributed by atoms with van der Waals surface area (Å²) in [7, 11) is 0. The van der Waals surface area contributed by atoms with Gasteiger partial charge in [0.05, 0.1) is 17.0 Å². The van der Waals surface area contributed by atoms with Crippen molar-refractivity contribution in [2.75, 3.05) is 0 Å². The van der Waals surface area contributed by atoms with Crippen molar-refractivity contribution in [2.45, 2.75) is 6.54 Å². The smallest absolute Gasteiger partial charge is 0.328 e. The van der Waals surface area contributed by atoms with Crippen LogP contribution in [0.2, 0.25) is 0 Å². The Kier molecular flexibility index (Phi) is 3.63. The molecule has 0 atom stereocenters. The average molecular weight is 313 g/mol. The number of rotatable bonds is 4. The van der Waals surface area contributed by atoms with Crippen molar-refractivity contribution >= 4 is 5.69 Å². The first-order valence-corrected chi connectivity index (χ1v) is 6.67. The molecule has 0 amide bonds. The molecule has 0 saturated carbocycles. The Balaban J connectivity index is 1.94. The van der Waals surface area contributed by atoms with Gasteiger partial charge in [0, 0.05) is 18.3 Å². The maximum atomic E-state index is 11.6. The number of aromatic nitrogens is 2. The Morgan fingerprint density at radius 3 is 2.65 bits per heavy atom. The molecule has 116 valence electrons. The molecule has 8 nitrogen and oxygen atoms in total. The fourth-order valence-corrected chi connectivity index (χ4v) is 2.19. The molecule has 8 heteroatoms. The summed E-state index contributed by atoms with van der Waals surface area (Å²) in [6.45, 7) is 0.107. The maximum Gasteiger partial charge on any atom is 0.328 e. The third-order valence-corrected chi connectivity index (χ3v) is 3.25. The van der Waals surface area contributed by atoms with Crippen LogP contribution in [0, 0.1) is 10.1 Å². The van der Waals surface area contributed by atoms with Crippen molar-refractivity contribution in [3.8, 4) is 11.3 Å². The van der Waals surface area contributed by atoms with Crippen molar-refractivity contribution in [1.82, 2.24) is 9.55 Å². The van der Waals surface area contributed by atoms with E-state index in [4.69, 9.17) is 4.42 Å². The molecule has 1 N–H and O–H groups in total. The van der Waals surface area contributed by atoms with E-state index in [1.165, 1.54) is 22.9 Å². The highest BCUT2D eigenvalue weighted by Crippen LogP contribution is 2.30. The van der Waals surface area contributed by atoms with Crippen LogP contribution < -0.4 is 11.2 Å². The summed E-state index contributed by atoms with van der Waals surface area (Å²) in [5, 5.41) is 11.1. The van der Waals surface area contributed by atoms with E-state index in [0.29, 0.717) is 17.1 Å². The molecule has 0 aliphatic rings. The summed E-state index contributed by atoms with van der Waals surface area (Å²) < 4.78 is 6.86. The molecule has 0 bridgehead atoms. The van der Waals surface area contributed by atoms with Gasteiger partial charge in [0.2, 0.25) is 0 Å². The van der Waals surface area contributed by atoms with Gasteiger partial charge >= 0.3 is 5.69 Å². The highest BCUT2D eigenvalue weighted by molar-refractivity contribution is 5.69. The normalized spacial score (nSPS) is 10.6. The van der Waals surface area contributed by atoms with Crippen molar-refractivity contribution in [1.29, 1.82) is 0 Å². The van der Waals surface area contributed by atoms with Crippen LogP contribution in [0.15, 0.2) is 62.7 Å². The second kappa shape index (κ2) is 5.76. The highest BCUT2D eigenvalue weighted by Gasteiger charge is 2.17. The molecule has 0 spiro atoms. The molecule has 3 rings (SSSR count). The summed E-state index contributed by atoms with van der Waals surface area (Å²) in [5.41, 5.74) is -0.736. The fraction of sp³-hybridized carbons (Fsp3) is 0.0667. The van der Waals surface area contributed by atoms with Gasteiger partial charge in [-0.2, -0.15) is 0 Å². The number of furan rings is 1. The Labute approximate surface area is 128 Å². The zero-order valence-electron chi connectivity index (χ0n) is 11.8. The molecule has 0 saturated heterocycles. The predicted molar refractivity (Wildman–Crippen MR) is 81.2 cm³/mol. The fourth-order valence-electron chi connectivity index (χ4n) is 2.19. The summed E-state index contributed by atoms with van der Waals surface area (Å²) >= 11 is 0. The molecule has 0 aliphatic heterocycles. The first-order chi connectivity index (χ1) is 11.0. The average Bonchev–Trinajstić information content (AvgIpc) is 2.98. The van der Waals surface area contributed by atoms with Gasteiger partial charge in [0.25, 0.3) is 11.2 Å². The largest absolute Gasteiger partial charge is 0.459 e. The van der Waals surface area contributed by atoms with Crippen LogP contribution in [0.5, 0.6) is 0 Å². The molecule has 0 fully saturated rings. The summed E-state index contributed by atoms with van der Waals surface area (Å²) in [4.78, 5) is 35.4. The lowest BCUT2D eigenvalue weighted by Gasteiger charge is -2.02. The van der Waals surface area contributed by atoms with Gasteiger partial charge in [-0.15, -0.1) is 0 Å². The first kappa shape index (κ1) is 14.5. The van der Waals surface area contributed by atoms with Crippen LogP contribution in [-0.2, 0) is 6.54 Å². The minimum atomic E-state index is -0.554. The van der Waals surface area contributed by atoms with Crippen LogP contribution in [0.1, 0.15) is 5.76 Å². The second-order valence-electron chi connectivity index (χ2n) is 4.78. The number of nitrogens with one attached hydrogen (secondary N) is 1. The number of benzene rings is 1. The summed E-state index contributed by atoms with van der Waals surface area (Å²) in [6, 6.07) is 10.7.